The lowest BCUT2D eigenvalue weighted by atomic mass is 9.88. The van der Waals surface area contributed by atoms with Crippen LogP contribution in [-0.2, 0) is 22.9 Å². The molecular weight excluding hydrogens is 444 g/mol. The fraction of sp³-hybridized carbons (Fsp3) is 0.321. The number of rotatable bonds is 7. The standard InChI is InChI=1S/C28H32N2O3S/c1-4-27(23-15-14-21-8-5-6-9-22(21)18-23)29-28(31)24-10-7-11-25(19-24)30(3)34(32,33)26-16-12-20(2)13-17-26/h7,10-19,27H,4-6,8-9H2,1-3H3,(H,29,31). The van der Waals surface area contributed by atoms with Gasteiger partial charge in [0.1, 0.15) is 0 Å². The number of nitrogens with zero attached hydrogens (tertiary/aromatic N) is 1. The molecule has 3 aromatic rings. The Bertz CT molecular complexity index is 1280. The van der Waals surface area contributed by atoms with Crippen LogP contribution in [0.5, 0.6) is 0 Å². The molecule has 5 nitrogen and oxygen atoms in total. The van der Waals surface area contributed by atoms with Gasteiger partial charge in [0.2, 0.25) is 0 Å². The Morgan fingerprint density at radius 2 is 1.68 bits per heavy atom. The second-order valence-corrected chi connectivity index (χ2v) is 11.0. The van der Waals surface area contributed by atoms with Crippen LogP contribution in [0.15, 0.2) is 71.6 Å². The first kappa shape index (κ1) is 24.0. The van der Waals surface area contributed by atoms with E-state index in [1.165, 1.54) is 35.3 Å². The van der Waals surface area contributed by atoms with E-state index in [-0.39, 0.29) is 16.8 Å². The summed E-state index contributed by atoms with van der Waals surface area (Å²) >= 11 is 0. The zero-order valence-electron chi connectivity index (χ0n) is 20.0. The molecular formula is C28H32N2O3S. The average Bonchev–Trinajstić information content (AvgIpc) is 2.86. The van der Waals surface area contributed by atoms with E-state index in [0.717, 1.165) is 30.4 Å². The number of anilines is 1. The molecule has 1 aliphatic carbocycles. The first-order chi connectivity index (χ1) is 16.3. The summed E-state index contributed by atoms with van der Waals surface area (Å²) in [6.07, 6.45) is 5.45. The van der Waals surface area contributed by atoms with Gasteiger partial charge >= 0.3 is 0 Å². The highest BCUT2D eigenvalue weighted by molar-refractivity contribution is 7.92. The normalized spacial score (nSPS) is 14.2. The quantitative estimate of drug-likeness (QED) is 0.484. The Balaban J connectivity index is 1.53. The van der Waals surface area contributed by atoms with E-state index < -0.39 is 10.0 Å². The Morgan fingerprint density at radius 1 is 0.971 bits per heavy atom. The van der Waals surface area contributed by atoms with Crippen LogP contribution in [0.4, 0.5) is 5.69 Å². The van der Waals surface area contributed by atoms with Crippen molar-refractivity contribution in [1.29, 1.82) is 0 Å². The molecule has 1 amide bonds. The van der Waals surface area contributed by atoms with Crippen molar-refractivity contribution in [3.63, 3.8) is 0 Å². The summed E-state index contributed by atoms with van der Waals surface area (Å²) in [7, 11) is -2.22. The molecule has 0 bridgehead atoms. The maximum Gasteiger partial charge on any atom is 0.264 e. The molecule has 4 rings (SSSR count). The van der Waals surface area contributed by atoms with Crippen molar-refractivity contribution in [3.05, 3.63) is 94.5 Å². The van der Waals surface area contributed by atoms with Crippen LogP contribution < -0.4 is 9.62 Å². The number of hydrogen-bond acceptors (Lipinski definition) is 3. The number of carbonyl (C=O) groups excluding carboxylic acids is 1. The predicted octanol–water partition coefficient (Wildman–Crippen LogP) is 5.58. The molecule has 1 unspecified atom stereocenters. The highest BCUT2D eigenvalue weighted by atomic mass is 32.2. The largest absolute Gasteiger partial charge is 0.345 e. The lowest BCUT2D eigenvalue weighted by Gasteiger charge is -2.23. The zero-order valence-corrected chi connectivity index (χ0v) is 20.9. The van der Waals surface area contributed by atoms with Gasteiger partial charge in [0, 0.05) is 12.6 Å². The fourth-order valence-electron chi connectivity index (χ4n) is 4.48. The Hall–Kier alpha value is -3.12. The van der Waals surface area contributed by atoms with Crippen LogP contribution in [0.25, 0.3) is 0 Å². The highest BCUT2D eigenvalue weighted by Gasteiger charge is 2.23. The fourth-order valence-corrected chi connectivity index (χ4v) is 5.67. The molecule has 34 heavy (non-hydrogen) atoms. The van der Waals surface area contributed by atoms with Crippen molar-refractivity contribution in [3.8, 4) is 0 Å². The number of hydrogen-bond donors (Lipinski definition) is 1. The van der Waals surface area contributed by atoms with Gasteiger partial charge in [-0.1, -0.05) is 48.9 Å². The van der Waals surface area contributed by atoms with E-state index in [1.54, 1.807) is 48.5 Å². The molecule has 0 fully saturated rings. The van der Waals surface area contributed by atoms with Gasteiger partial charge in [0.05, 0.1) is 16.6 Å². The van der Waals surface area contributed by atoms with E-state index in [1.807, 2.05) is 6.92 Å². The molecule has 0 heterocycles. The van der Waals surface area contributed by atoms with Gasteiger partial charge in [-0.25, -0.2) is 8.42 Å². The van der Waals surface area contributed by atoms with Crippen molar-refractivity contribution >= 4 is 21.6 Å². The van der Waals surface area contributed by atoms with Crippen molar-refractivity contribution in [1.82, 2.24) is 5.32 Å². The molecule has 1 atom stereocenters. The van der Waals surface area contributed by atoms with Gasteiger partial charge in [0.25, 0.3) is 15.9 Å². The van der Waals surface area contributed by atoms with Gasteiger partial charge in [-0.2, -0.15) is 0 Å². The summed E-state index contributed by atoms with van der Waals surface area (Å²) in [4.78, 5) is 13.3. The molecule has 1 aliphatic rings. The number of sulfonamides is 1. The summed E-state index contributed by atoms with van der Waals surface area (Å²) in [6.45, 7) is 3.97. The molecule has 0 saturated heterocycles. The van der Waals surface area contributed by atoms with E-state index in [2.05, 4.69) is 30.4 Å². The number of benzene rings is 3. The maximum absolute atomic E-state index is 13.1. The molecule has 0 spiro atoms. The van der Waals surface area contributed by atoms with Crippen LogP contribution in [0.2, 0.25) is 0 Å². The van der Waals surface area contributed by atoms with Crippen molar-refractivity contribution in [2.75, 3.05) is 11.4 Å². The SMILES string of the molecule is CCC(NC(=O)c1cccc(N(C)S(=O)(=O)c2ccc(C)cc2)c1)c1ccc2c(c1)CCCC2. The third-order valence-electron chi connectivity index (χ3n) is 6.64. The Labute approximate surface area is 202 Å². The monoisotopic (exact) mass is 476 g/mol. The lowest BCUT2D eigenvalue weighted by Crippen LogP contribution is -2.29. The second-order valence-electron chi connectivity index (χ2n) is 9.01. The number of nitrogens with one attached hydrogen (secondary N) is 1. The molecule has 0 aliphatic heterocycles. The highest BCUT2D eigenvalue weighted by Crippen LogP contribution is 2.27. The van der Waals surface area contributed by atoms with Gasteiger partial charge in [-0.15, -0.1) is 0 Å². The van der Waals surface area contributed by atoms with E-state index in [4.69, 9.17) is 0 Å². The topological polar surface area (TPSA) is 66.5 Å². The van der Waals surface area contributed by atoms with Crippen molar-refractivity contribution in [2.24, 2.45) is 0 Å². The molecule has 178 valence electrons. The minimum absolute atomic E-state index is 0.0996. The molecule has 1 N–H and O–H groups in total. The van der Waals surface area contributed by atoms with Crippen LogP contribution in [0.3, 0.4) is 0 Å². The predicted molar refractivity (Wildman–Crippen MR) is 137 cm³/mol. The first-order valence-corrected chi connectivity index (χ1v) is 13.3. The molecule has 3 aromatic carbocycles. The van der Waals surface area contributed by atoms with E-state index in [0.29, 0.717) is 11.3 Å². The molecule has 6 heteroatoms. The number of fused-ring (bicyclic) bond motifs is 1. The number of carbonyl (C=O) groups is 1. The zero-order chi connectivity index (χ0) is 24.3. The Kier molecular flexibility index (Phi) is 7.08. The third kappa shape index (κ3) is 5.02. The lowest BCUT2D eigenvalue weighted by molar-refractivity contribution is 0.0935. The maximum atomic E-state index is 13.1. The minimum atomic E-state index is -3.73. The summed E-state index contributed by atoms with van der Waals surface area (Å²) in [6, 6.07) is 20.0. The Morgan fingerprint density at radius 3 is 2.38 bits per heavy atom. The van der Waals surface area contributed by atoms with Crippen LogP contribution >= 0.6 is 0 Å². The average molecular weight is 477 g/mol. The second kappa shape index (κ2) is 10.0. The number of amides is 1. The summed E-state index contributed by atoms with van der Waals surface area (Å²) in [5, 5.41) is 3.14. The van der Waals surface area contributed by atoms with Crippen molar-refractivity contribution in [2.45, 2.75) is 56.9 Å². The summed E-state index contributed by atoms with van der Waals surface area (Å²) in [5.41, 5.74) is 5.79. The molecule has 0 saturated carbocycles. The minimum Gasteiger partial charge on any atom is -0.345 e. The molecule has 0 radical (unpaired) electrons. The van der Waals surface area contributed by atoms with Crippen LogP contribution in [0, 0.1) is 6.92 Å². The third-order valence-corrected chi connectivity index (χ3v) is 8.44. The number of aryl methyl sites for hydroxylation is 3. The van der Waals surface area contributed by atoms with Crippen LogP contribution in [-0.4, -0.2) is 21.4 Å². The molecule has 0 aromatic heterocycles. The van der Waals surface area contributed by atoms with E-state index >= 15 is 0 Å². The van der Waals surface area contributed by atoms with Gasteiger partial charge in [-0.3, -0.25) is 9.10 Å². The van der Waals surface area contributed by atoms with Crippen molar-refractivity contribution < 1.29 is 13.2 Å². The van der Waals surface area contributed by atoms with Gasteiger partial charge in [0.15, 0.2) is 0 Å². The smallest absolute Gasteiger partial charge is 0.264 e. The van der Waals surface area contributed by atoms with Crippen LogP contribution in [0.1, 0.15) is 64.8 Å². The van der Waals surface area contributed by atoms with E-state index in [9.17, 15) is 13.2 Å². The van der Waals surface area contributed by atoms with Gasteiger partial charge < -0.3 is 5.32 Å². The first-order valence-electron chi connectivity index (χ1n) is 11.9. The van der Waals surface area contributed by atoms with Gasteiger partial charge in [-0.05, 0) is 86.1 Å². The summed E-state index contributed by atoms with van der Waals surface area (Å²) < 4.78 is 27.4. The summed E-state index contributed by atoms with van der Waals surface area (Å²) in [5.74, 6) is -0.215.